The summed E-state index contributed by atoms with van der Waals surface area (Å²) in [6.45, 7) is 0. The van der Waals surface area contributed by atoms with Crippen molar-refractivity contribution in [2.75, 3.05) is 5.73 Å². The molecule has 0 spiro atoms. The van der Waals surface area contributed by atoms with Gasteiger partial charge >= 0.3 is 12.3 Å². The summed E-state index contributed by atoms with van der Waals surface area (Å²) in [6.07, 6.45) is -2.96. The lowest BCUT2D eigenvalue weighted by atomic mass is 10.1. The van der Waals surface area contributed by atoms with Crippen LogP contribution in [0.4, 0.5) is 18.9 Å². The molecule has 0 bridgehead atoms. The maximum atomic E-state index is 12.0. The number of nitrogen functional groups attached to an aromatic ring is 1. The average molecular weight is 326 g/mol. The van der Waals surface area contributed by atoms with Gasteiger partial charge in [-0.1, -0.05) is 0 Å². The molecule has 98 valence electrons. The minimum atomic E-state index is -4.84. The molecule has 0 amide bonds. The quantitative estimate of drug-likeness (QED) is 0.661. The number of rotatable bonds is 3. The summed E-state index contributed by atoms with van der Waals surface area (Å²) in [6, 6.07) is 2.00. The van der Waals surface area contributed by atoms with Gasteiger partial charge in [0.15, 0.2) is 0 Å². The molecule has 0 aromatic heterocycles. The van der Waals surface area contributed by atoms with Crippen molar-refractivity contribution < 1.29 is 27.8 Å². The number of carbonyl (C=O) groups is 1. The van der Waals surface area contributed by atoms with E-state index in [0.29, 0.717) is 0 Å². The Hall–Kier alpha value is -1.70. The molecular weight excluding hydrogens is 319 g/mol. The first kappa shape index (κ1) is 14.4. The summed E-state index contributed by atoms with van der Waals surface area (Å²) in [5.41, 5.74) is 5.64. The maximum Gasteiger partial charge on any atom is 0.573 e. The predicted molar refractivity (Wildman–Crippen MR) is 61.9 cm³/mol. The molecule has 0 saturated carbocycles. The van der Waals surface area contributed by atoms with Crippen LogP contribution in [0, 0.1) is 0 Å². The van der Waals surface area contributed by atoms with Crippen molar-refractivity contribution in [3.05, 3.63) is 28.2 Å². The summed E-state index contributed by atoms with van der Waals surface area (Å²) < 4.78 is 40.1. The third-order valence-corrected chi connectivity index (χ3v) is 2.66. The summed E-state index contributed by atoms with van der Waals surface area (Å²) in [5, 5.41) is 8.45. The number of carboxylic acid groups (broad SMARTS) is 1. The molecule has 0 radical (unpaired) electrons. The first-order valence-corrected chi connectivity index (χ1v) is 5.24. The molecule has 0 atom stereocenters. The zero-order valence-electron chi connectivity index (χ0n) is 8.66. The van der Waals surface area contributed by atoms with E-state index in [1.165, 1.54) is 0 Å². The van der Waals surface area contributed by atoms with Crippen LogP contribution >= 0.6 is 15.9 Å². The van der Waals surface area contributed by atoms with E-state index in [1.54, 1.807) is 0 Å². The van der Waals surface area contributed by atoms with E-state index >= 15 is 0 Å². The fraction of sp³-hybridized carbons (Fsp3) is 0.100. The molecule has 1 aromatic rings. The second-order valence-corrected chi connectivity index (χ2v) is 3.93. The molecule has 0 unspecified atom stereocenters. The van der Waals surface area contributed by atoms with E-state index in [9.17, 15) is 18.0 Å². The molecule has 18 heavy (non-hydrogen) atoms. The number of alkyl halides is 3. The Morgan fingerprint density at radius 3 is 2.56 bits per heavy atom. The van der Waals surface area contributed by atoms with Crippen LogP contribution in [-0.2, 0) is 4.79 Å². The van der Waals surface area contributed by atoms with E-state index in [0.717, 1.165) is 24.3 Å². The second kappa shape index (κ2) is 5.30. The summed E-state index contributed by atoms with van der Waals surface area (Å²) in [7, 11) is 0. The highest BCUT2D eigenvalue weighted by Gasteiger charge is 2.31. The zero-order chi connectivity index (χ0) is 13.9. The third kappa shape index (κ3) is 4.28. The number of hydrogen-bond donors (Lipinski definition) is 2. The van der Waals surface area contributed by atoms with Gasteiger partial charge in [0.05, 0.1) is 5.69 Å². The van der Waals surface area contributed by atoms with Gasteiger partial charge < -0.3 is 15.6 Å². The van der Waals surface area contributed by atoms with Crippen LogP contribution in [0.3, 0.4) is 0 Å². The van der Waals surface area contributed by atoms with Gasteiger partial charge in [-0.2, -0.15) is 0 Å². The van der Waals surface area contributed by atoms with Crippen molar-refractivity contribution >= 4 is 33.7 Å². The Bertz CT molecular complexity index is 500. The lowest BCUT2D eigenvalue weighted by Gasteiger charge is -2.11. The molecule has 3 N–H and O–H groups in total. The highest BCUT2D eigenvalue weighted by molar-refractivity contribution is 9.10. The third-order valence-electron chi connectivity index (χ3n) is 1.74. The molecule has 1 aromatic carbocycles. The summed E-state index contributed by atoms with van der Waals surface area (Å²) in [4.78, 5) is 10.3. The van der Waals surface area contributed by atoms with E-state index < -0.39 is 18.1 Å². The molecule has 0 heterocycles. The van der Waals surface area contributed by atoms with E-state index in [-0.39, 0.29) is 15.7 Å². The number of ether oxygens (including phenoxy) is 1. The number of halogens is 4. The standard InChI is InChI=1S/C10H7BrF3NO3/c11-9-5(1-2-8(16)17)3-6(4-7(9)15)18-10(12,13)14/h1-4H,15H2,(H,16,17)/b2-1+. The van der Waals surface area contributed by atoms with Gasteiger partial charge in [0, 0.05) is 16.6 Å². The Kier molecular flexibility index (Phi) is 4.23. The first-order chi connectivity index (χ1) is 8.19. The van der Waals surface area contributed by atoms with Crippen LogP contribution in [0.2, 0.25) is 0 Å². The number of carboxylic acids is 1. The average Bonchev–Trinajstić information content (AvgIpc) is 2.18. The second-order valence-electron chi connectivity index (χ2n) is 3.14. The molecular formula is C10H7BrF3NO3. The smallest absolute Gasteiger partial charge is 0.478 e. The molecule has 8 heteroatoms. The van der Waals surface area contributed by atoms with Gasteiger partial charge in [0.25, 0.3) is 0 Å². The van der Waals surface area contributed by atoms with Crippen molar-refractivity contribution in [3.8, 4) is 5.75 Å². The minimum absolute atomic E-state index is 0.00166. The van der Waals surface area contributed by atoms with Crippen molar-refractivity contribution in [3.63, 3.8) is 0 Å². The number of anilines is 1. The van der Waals surface area contributed by atoms with E-state index in [1.807, 2.05) is 0 Å². The highest BCUT2D eigenvalue weighted by atomic mass is 79.9. The van der Waals surface area contributed by atoms with Crippen molar-refractivity contribution in [2.45, 2.75) is 6.36 Å². The van der Waals surface area contributed by atoms with Gasteiger partial charge in [-0.3, -0.25) is 0 Å². The molecule has 0 aliphatic heterocycles. The van der Waals surface area contributed by atoms with Crippen LogP contribution in [0.15, 0.2) is 22.7 Å². The molecule has 0 saturated heterocycles. The van der Waals surface area contributed by atoms with Crippen LogP contribution in [-0.4, -0.2) is 17.4 Å². The lowest BCUT2D eigenvalue weighted by Crippen LogP contribution is -2.17. The number of hydrogen-bond acceptors (Lipinski definition) is 3. The van der Waals surface area contributed by atoms with Crippen LogP contribution in [0.1, 0.15) is 5.56 Å². The maximum absolute atomic E-state index is 12.0. The molecule has 0 aliphatic carbocycles. The molecule has 0 aliphatic rings. The topological polar surface area (TPSA) is 72.5 Å². The lowest BCUT2D eigenvalue weighted by molar-refractivity contribution is -0.274. The van der Waals surface area contributed by atoms with Crippen LogP contribution in [0.5, 0.6) is 5.75 Å². The Morgan fingerprint density at radius 2 is 2.06 bits per heavy atom. The molecule has 1 rings (SSSR count). The largest absolute Gasteiger partial charge is 0.573 e. The molecule has 0 fully saturated rings. The monoisotopic (exact) mass is 325 g/mol. The first-order valence-electron chi connectivity index (χ1n) is 4.45. The SMILES string of the molecule is Nc1cc(OC(F)(F)F)cc(/C=C/C(=O)O)c1Br. The van der Waals surface area contributed by atoms with E-state index in [4.69, 9.17) is 10.8 Å². The number of aliphatic carboxylic acids is 1. The van der Waals surface area contributed by atoms with Gasteiger partial charge in [0.1, 0.15) is 5.75 Å². The normalized spacial score (nSPS) is 11.8. The number of nitrogens with two attached hydrogens (primary N) is 1. The Balaban J connectivity index is 3.14. The molecule has 4 nitrogen and oxygen atoms in total. The van der Waals surface area contributed by atoms with Crippen molar-refractivity contribution in [1.82, 2.24) is 0 Å². The van der Waals surface area contributed by atoms with Gasteiger partial charge in [0.2, 0.25) is 0 Å². The Labute approximate surface area is 108 Å². The van der Waals surface area contributed by atoms with Gasteiger partial charge in [-0.15, -0.1) is 13.2 Å². The number of benzene rings is 1. The van der Waals surface area contributed by atoms with E-state index in [2.05, 4.69) is 20.7 Å². The fourth-order valence-corrected chi connectivity index (χ4v) is 1.48. The summed E-state index contributed by atoms with van der Waals surface area (Å²) >= 11 is 3.04. The summed E-state index contributed by atoms with van der Waals surface area (Å²) in [5.74, 6) is -1.75. The van der Waals surface area contributed by atoms with Crippen molar-refractivity contribution in [2.24, 2.45) is 0 Å². The van der Waals surface area contributed by atoms with Crippen LogP contribution in [0.25, 0.3) is 6.08 Å². The highest BCUT2D eigenvalue weighted by Crippen LogP contribution is 2.33. The predicted octanol–water partition coefficient (Wildman–Crippen LogP) is 3.03. The van der Waals surface area contributed by atoms with Crippen molar-refractivity contribution in [1.29, 1.82) is 0 Å². The Morgan fingerprint density at radius 1 is 1.44 bits per heavy atom. The minimum Gasteiger partial charge on any atom is -0.478 e. The van der Waals surface area contributed by atoms with Gasteiger partial charge in [-0.05, 0) is 33.6 Å². The fourth-order valence-electron chi connectivity index (χ4n) is 1.12. The van der Waals surface area contributed by atoms with Gasteiger partial charge in [-0.25, -0.2) is 4.79 Å². The zero-order valence-corrected chi connectivity index (χ0v) is 10.2. The van der Waals surface area contributed by atoms with Crippen LogP contribution < -0.4 is 10.5 Å².